The maximum absolute atomic E-state index is 10.3. The summed E-state index contributed by atoms with van der Waals surface area (Å²) in [7, 11) is 0. The molecule has 1 N–H and O–H groups in total. The van der Waals surface area contributed by atoms with Gasteiger partial charge in [0.2, 0.25) is 0 Å². The van der Waals surface area contributed by atoms with E-state index in [4.69, 9.17) is 5.11 Å². The van der Waals surface area contributed by atoms with Crippen LogP contribution in [0.4, 0.5) is 0 Å². The van der Waals surface area contributed by atoms with Gasteiger partial charge in [0.1, 0.15) is 0 Å². The van der Waals surface area contributed by atoms with Crippen LogP contribution >= 0.6 is 0 Å². The highest BCUT2D eigenvalue weighted by atomic mass is 16.4. The largest absolute Gasteiger partial charge is 0.481 e. The Kier molecular flexibility index (Phi) is 16.7. The summed E-state index contributed by atoms with van der Waals surface area (Å²) in [4.78, 5) is 10.3. The van der Waals surface area contributed by atoms with Gasteiger partial charge in [-0.25, -0.2) is 0 Å². The van der Waals surface area contributed by atoms with Crippen LogP contribution in [0.2, 0.25) is 0 Å². The van der Waals surface area contributed by atoms with E-state index in [1.165, 1.54) is 51.4 Å². The number of hydrogen-bond donors (Lipinski definition) is 1. The lowest BCUT2D eigenvalue weighted by Crippen LogP contribution is -1.91. The Morgan fingerprint density at radius 3 is 1.64 bits per heavy atom. The molecule has 0 rings (SSSR count). The molecule has 0 radical (unpaired) electrons. The van der Waals surface area contributed by atoms with Crippen LogP contribution in [-0.4, -0.2) is 11.1 Å². The predicted octanol–water partition coefficient (Wildman–Crippen LogP) is 6.44. The molecule has 0 atom stereocenters. The van der Waals surface area contributed by atoms with Crippen molar-refractivity contribution in [1.29, 1.82) is 0 Å². The summed E-state index contributed by atoms with van der Waals surface area (Å²) in [6.45, 7) is 2.17. The van der Waals surface area contributed by atoms with Crippen LogP contribution in [0, 0.1) is 0 Å². The van der Waals surface area contributed by atoms with E-state index in [1.807, 2.05) is 6.08 Å². The van der Waals surface area contributed by atoms with Crippen molar-refractivity contribution in [3.05, 3.63) is 36.5 Å². The van der Waals surface area contributed by atoms with E-state index in [0.717, 1.165) is 12.8 Å². The van der Waals surface area contributed by atoms with Crippen LogP contribution in [0.3, 0.4) is 0 Å². The maximum Gasteiger partial charge on any atom is 0.303 e. The van der Waals surface area contributed by atoms with E-state index >= 15 is 0 Å². The number of hydrogen-bond acceptors (Lipinski definition) is 1. The number of unbranched alkanes of at least 4 members (excludes halogenated alkanes) is 7. The fraction of sp³-hybridized carbons (Fsp3) is 0.650. The Bertz CT molecular complexity index is 327. The van der Waals surface area contributed by atoms with Crippen molar-refractivity contribution in [3.8, 4) is 0 Å². The number of carbonyl (C=O) groups is 1. The van der Waals surface area contributed by atoms with Crippen LogP contribution in [0.15, 0.2) is 36.5 Å². The van der Waals surface area contributed by atoms with Gasteiger partial charge in [-0.15, -0.1) is 0 Å². The van der Waals surface area contributed by atoms with Crippen LogP contribution in [-0.2, 0) is 4.79 Å². The topological polar surface area (TPSA) is 37.3 Å². The van der Waals surface area contributed by atoms with E-state index in [0.29, 0.717) is 6.42 Å². The molecule has 126 valence electrons. The SMILES string of the molecule is CCC=CCCCC=CCCCCCCC=CCCC(=O)O. The minimum atomic E-state index is -0.713. The van der Waals surface area contributed by atoms with Gasteiger partial charge in [-0.1, -0.05) is 56.2 Å². The molecule has 0 aliphatic rings. The summed E-state index contributed by atoms with van der Waals surface area (Å²) < 4.78 is 0. The van der Waals surface area contributed by atoms with E-state index in [9.17, 15) is 4.79 Å². The highest BCUT2D eigenvalue weighted by Gasteiger charge is 1.92. The number of allylic oxidation sites excluding steroid dienone is 6. The fourth-order valence-corrected chi connectivity index (χ4v) is 2.19. The lowest BCUT2D eigenvalue weighted by molar-refractivity contribution is -0.136. The Labute approximate surface area is 137 Å². The number of aliphatic carboxylic acids is 1. The molecule has 0 bridgehead atoms. The van der Waals surface area contributed by atoms with Crippen molar-refractivity contribution in [1.82, 2.24) is 0 Å². The average molecular weight is 306 g/mol. The maximum atomic E-state index is 10.3. The Morgan fingerprint density at radius 1 is 0.682 bits per heavy atom. The molecule has 0 aromatic heterocycles. The molecular weight excluding hydrogens is 272 g/mol. The summed E-state index contributed by atoms with van der Waals surface area (Å²) in [5, 5.41) is 8.50. The minimum Gasteiger partial charge on any atom is -0.481 e. The quantitative estimate of drug-likeness (QED) is 0.279. The van der Waals surface area contributed by atoms with Crippen LogP contribution in [0.25, 0.3) is 0 Å². The van der Waals surface area contributed by atoms with E-state index in [-0.39, 0.29) is 6.42 Å². The zero-order chi connectivity index (χ0) is 16.3. The van der Waals surface area contributed by atoms with Crippen molar-refractivity contribution in [2.24, 2.45) is 0 Å². The summed E-state index contributed by atoms with van der Waals surface area (Å²) in [5.74, 6) is -0.713. The van der Waals surface area contributed by atoms with Gasteiger partial charge in [0.25, 0.3) is 0 Å². The van der Waals surface area contributed by atoms with Gasteiger partial charge in [0, 0.05) is 6.42 Å². The zero-order valence-electron chi connectivity index (χ0n) is 14.3. The summed E-state index contributed by atoms with van der Waals surface area (Å²) in [5.41, 5.74) is 0. The van der Waals surface area contributed by atoms with Crippen LogP contribution in [0.5, 0.6) is 0 Å². The molecule has 0 aromatic carbocycles. The van der Waals surface area contributed by atoms with Gasteiger partial charge in [-0.3, -0.25) is 4.79 Å². The molecular formula is C20H34O2. The average Bonchev–Trinajstić information content (AvgIpc) is 2.50. The molecule has 0 aliphatic heterocycles. The van der Waals surface area contributed by atoms with Crippen molar-refractivity contribution in [2.75, 3.05) is 0 Å². The first-order chi connectivity index (χ1) is 10.8. The second-order valence-electron chi connectivity index (χ2n) is 5.68. The molecule has 0 saturated heterocycles. The molecule has 2 heteroatoms. The third-order valence-corrected chi connectivity index (χ3v) is 3.49. The second-order valence-corrected chi connectivity index (χ2v) is 5.68. The number of rotatable bonds is 15. The predicted molar refractivity (Wildman–Crippen MR) is 96.1 cm³/mol. The first kappa shape index (κ1) is 20.7. The smallest absolute Gasteiger partial charge is 0.303 e. The van der Waals surface area contributed by atoms with Crippen LogP contribution in [0.1, 0.15) is 84.0 Å². The van der Waals surface area contributed by atoms with Gasteiger partial charge in [0.15, 0.2) is 0 Å². The van der Waals surface area contributed by atoms with Crippen molar-refractivity contribution in [2.45, 2.75) is 84.0 Å². The standard InChI is InChI=1S/C20H34O2/c1-2-3-4-5-6-7-8-9-10-11-12-13-14-15-16-17-18-19-20(21)22/h3-4,8-9,16-17H,2,5-7,10-15,18-19H2,1H3,(H,21,22). The monoisotopic (exact) mass is 306 g/mol. The van der Waals surface area contributed by atoms with Gasteiger partial charge >= 0.3 is 5.97 Å². The van der Waals surface area contributed by atoms with E-state index in [2.05, 4.69) is 37.3 Å². The molecule has 0 amide bonds. The normalized spacial score (nSPS) is 12.0. The number of carboxylic acids is 1. The zero-order valence-corrected chi connectivity index (χ0v) is 14.3. The minimum absolute atomic E-state index is 0.248. The molecule has 0 spiro atoms. The molecule has 0 aromatic rings. The van der Waals surface area contributed by atoms with Crippen molar-refractivity contribution in [3.63, 3.8) is 0 Å². The summed E-state index contributed by atoms with van der Waals surface area (Å²) >= 11 is 0. The Balaban J connectivity index is 3.19. The van der Waals surface area contributed by atoms with Gasteiger partial charge < -0.3 is 5.11 Å². The lowest BCUT2D eigenvalue weighted by Gasteiger charge is -1.97. The third-order valence-electron chi connectivity index (χ3n) is 3.49. The van der Waals surface area contributed by atoms with Crippen LogP contribution < -0.4 is 0 Å². The molecule has 0 saturated carbocycles. The molecule has 0 aliphatic carbocycles. The van der Waals surface area contributed by atoms with Gasteiger partial charge in [0.05, 0.1) is 0 Å². The second kappa shape index (κ2) is 17.7. The molecule has 0 heterocycles. The lowest BCUT2D eigenvalue weighted by atomic mass is 10.1. The third kappa shape index (κ3) is 18.7. The first-order valence-electron chi connectivity index (χ1n) is 8.94. The van der Waals surface area contributed by atoms with Crippen molar-refractivity contribution < 1.29 is 9.90 Å². The van der Waals surface area contributed by atoms with Gasteiger partial charge in [-0.2, -0.15) is 0 Å². The first-order valence-corrected chi connectivity index (χ1v) is 8.94. The highest BCUT2D eigenvalue weighted by Crippen LogP contribution is 2.07. The van der Waals surface area contributed by atoms with E-state index in [1.54, 1.807) is 0 Å². The summed E-state index contributed by atoms with van der Waals surface area (Å²) in [6, 6.07) is 0. The molecule has 0 fully saturated rings. The number of carboxylic acid groups (broad SMARTS) is 1. The summed E-state index contributed by atoms with van der Waals surface area (Å²) in [6.07, 6.45) is 26.4. The molecule has 0 unspecified atom stereocenters. The Morgan fingerprint density at radius 2 is 1.14 bits per heavy atom. The van der Waals surface area contributed by atoms with E-state index < -0.39 is 5.97 Å². The highest BCUT2D eigenvalue weighted by molar-refractivity contribution is 5.66. The Hall–Kier alpha value is -1.31. The molecule has 2 nitrogen and oxygen atoms in total. The molecule has 22 heavy (non-hydrogen) atoms. The van der Waals surface area contributed by atoms with Crippen molar-refractivity contribution >= 4 is 5.97 Å². The fourth-order valence-electron chi connectivity index (χ4n) is 2.19. The van der Waals surface area contributed by atoms with Gasteiger partial charge in [-0.05, 0) is 57.8 Å².